The Labute approximate surface area is 160 Å². The summed E-state index contributed by atoms with van der Waals surface area (Å²) in [5.41, 5.74) is 2.05. The van der Waals surface area contributed by atoms with Crippen LogP contribution in [0.2, 0.25) is 5.02 Å². The molecule has 0 atom stereocenters. The normalized spacial score (nSPS) is 11.5. The second-order valence-corrected chi connectivity index (χ2v) is 8.51. The lowest BCUT2D eigenvalue weighted by atomic mass is 10.1. The number of nitrogens with zero attached hydrogens (tertiary/aromatic N) is 1. The first-order valence-electron chi connectivity index (χ1n) is 8.35. The maximum Gasteiger partial charge on any atom is 0.235 e. The number of benzene rings is 2. The summed E-state index contributed by atoms with van der Waals surface area (Å²) in [4.78, 5) is 12.1. The van der Waals surface area contributed by atoms with E-state index in [0.717, 1.165) is 23.8 Å². The minimum Gasteiger partial charge on any atom is -0.351 e. The van der Waals surface area contributed by atoms with Crippen molar-refractivity contribution in [1.29, 1.82) is 0 Å². The highest BCUT2D eigenvalue weighted by atomic mass is 35.5. The molecule has 0 saturated heterocycles. The molecule has 0 fully saturated rings. The number of carbonyl (C=O) groups is 1. The van der Waals surface area contributed by atoms with Crippen LogP contribution < -0.4 is 5.32 Å². The Balaban J connectivity index is 1.84. The van der Waals surface area contributed by atoms with E-state index in [9.17, 15) is 13.2 Å². The lowest BCUT2D eigenvalue weighted by molar-refractivity contribution is -0.121. The van der Waals surface area contributed by atoms with Gasteiger partial charge in [0.05, 0.1) is 12.8 Å². The first-order valence-corrected chi connectivity index (χ1v) is 10.6. The van der Waals surface area contributed by atoms with Crippen LogP contribution in [0, 0.1) is 0 Å². The quantitative estimate of drug-likeness (QED) is 0.711. The Morgan fingerprint density at radius 3 is 2.31 bits per heavy atom. The van der Waals surface area contributed by atoms with Crippen LogP contribution in [0.5, 0.6) is 0 Å². The van der Waals surface area contributed by atoms with Gasteiger partial charge >= 0.3 is 0 Å². The third kappa shape index (κ3) is 7.15. The standard InChI is InChI=1S/C19H23ClN2O3S/c1-26(24,25)22(13-5-8-16-6-3-2-4-7-16)15-19(23)21-14-17-9-11-18(20)12-10-17/h2-4,6-7,9-12H,5,8,13-15H2,1H3,(H,21,23). The van der Waals surface area contributed by atoms with Crippen LogP contribution in [0.1, 0.15) is 17.5 Å². The van der Waals surface area contributed by atoms with Crippen LogP contribution >= 0.6 is 11.6 Å². The molecule has 0 radical (unpaired) electrons. The van der Waals surface area contributed by atoms with E-state index in [1.165, 1.54) is 4.31 Å². The van der Waals surface area contributed by atoms with Gasteiger partial charge in [-0.05, 0) is 36.1 Å². The zero-order valence-corrected chi connectivity index (χ0v) is 16.3. The van der Waals surface area contributed by atoms with Crippen molar-refractivity contribution in [2.75, 3.05) is 19.3 Å². The van der Waals surface area contributed by atoms with E-state index in [2.05, 4.69) is 5.32 Å². The van der Waals surface area contributed by atoms with Gasteiger partial charge in [-0.2, -0.15) is 4.31 Å². The molecule has 7 heteroatoms. The largest absolute Gasteiger partial charge is 0.351 e. The molecule has 5 nitrogen and oxygen atoms in total. The van der Waals surface area contributed by atoms with Crippen LogP contribution in [-0.2, 0) is 27.8 Å². The molecule has 1 amide bonds. The summed E-state index contributed by atoms with van der Waals surface area (Å²) >= 11 is 5.83. The highest BCUT2D eigenvalue weighted by Gasteiger charge is 2.19. The van der Waals surface area contributed by atoms with E-state index in [4.69, 9.17) is 11.6 Å². The minimum atomic E-state index is -3.45. The van der Waals surface area contributed by atoms with Crippen LogP contribution in [-0.4, -0.2) is 38.0 Å². The molecule has 26 heavy (non-hydrogen) atoms. The predicted molar refractivity (Wildman–Crippen MR) is 104 cm³/mol. The zero-order valence-electron chi connectivity index (χ0n) is 14.7. The van der Waals surface area contributed by atoms with Crippen LogP contribution in [0.15, 0.2) is 54.6 Å². The van der Waals surface area contributed by atoms with Gasteiger partial charge in [-0.25, -0.2) is 8.42 Å². The summed E-state index contributed by atoms with van der Waals surface area (Å²) in [6.07, 6.45) is 2.54. The number of sulfonamides is 1. The number of amides is 1. The first-order chi connectivity index (χ1) is 12.3. The Hall–Kier alpha value is -1.89. The molecule has 2 rings (SSSR count). The number of halogens is 1. The molecule has 0 unspecified atom stereocenters. The van der Waals surface area contributed by atoms with E-state index in [1.807, 2.05) is 42.5 Å². The van der Waals surface area contributed by atoms with Crippen molar-refractivity contribution in [2.24, 2.45) is 0 Å². The maximum absolute atomic E-state index is 12.1. The van der Waals surface area contributed by atoms with Crippen LogP contribution in [0.3, 0.4) is 0 Å². The topological polar surface area (TPSA) is 66.5 Å². The summed E-state index contributed by atoms with van der Waals surface area (Å²) in [5.74, 6) is -0.329. The maximum atomic E-state index is 12.1. The smallest absolute Gasteiger partial charge is 0.235 e. The number of nitrogens with one attached hydrogen (secondary N) is 1. The van der Waals surface area contributed by atoms with Gasteiger partial charge in [0.15, 0.2) is 0 Å². The van der Waals surface area contributed by atoms with Crippen molar-refractivity contribution in [3.8, 4) is 0 Å². The number of hydrogen-bond donors (Lipinski definition) is 1. The van der Waals surface area contributed by atoms with Gasteiger partial charge < -0.3 is 5.32 Å². The minimum absolute atomic E-state index is 0.179. The number of aryl methyl sites for hydroxylation is 1. The average molecular weight is 395 g/mol. The number of carbonyl (C=O) groups excluding carboxylic acids is 1. The fourth-order valence-electron chi connectivity index (χ4n) is 2.49. The summed E-state index contributed by atoms with van der Waals surface area (Å²) in [6, 6.07) is 17.0. The first kappa shape index (κ1) is 20.4. The highest BCUT2D eigenvalue weighted by molar-refractivity contribution is 7.88. The second-order valence-electron chi connectivity index (χ2n) is 6.09. The Morgan fingerprint density at radius 2 is 1.69 bits per heavy atom. The fourth-order valence-corrected chi connectivity index (χ4v) is 3.42. The molecular weight excluding hydrogens is 372 g/mol. The van der Waals surface area contributed by atoms with Gasteiger partial charge in [0.1, 0.15) is 0 Å². The van der Waals surface area contributed by atoms with E-state index >= 15 is 0 Å². The molecule has 2 aromatic rings. The highest BCUT2D eigenvalue weighted by Crippen LogP contribution is 2.09. The molecule has 0 bridgehead atoms. The lowest BCUT2D eigenvalue weighted by Gasteiger charge is -2.19. The van der Waals surface area contributed by atoms with Gasteiger partial charge in [-0.3, -0.25) is 4.79 Å². The molecule has 0 saturated carbocycles. The lowest BCUT2D eigenvalue weighted by Crippen LogP contribution is -2.40. The predicted octanol–water partition coefficient (Wildman–Crippen LogP) is 2.85. The molecule has 2 aromatic carbocycles. The molecule has 0 aromatic heterocycles. The average Bonchev–Trinajstić information content (AvgIpc) is 2.60. The van der Waals surface area contributed by atoms with Crippen molar-refractivity contribution in [3.63, 3.8) is 0 Å². The van der Waals surface area contributed by atoms with Crippen molar-refractivity contribution in [2.45, 2.75) is 19.4 Å². The van der Waals surface area contributed by atoms with Crippen LogP contribution in [0.4, 0.5) is 0 Å². The van der Waals surface area contributed by atoms with Crippen molar-refractivity contribution in [1.82, 2.24) is 9.62 Å². The van der Waals surface area contributed by atoms with Gasteiger partial charge in [-0.1, -0.05) is 54.1 Å². The zero-order chi connectivity index (χ0) is 19.0. The van der Waals surface area contributed by atoms with Crippen molar-refractivity contribution in [3.05, 3.63) is 70.7 Å². The third-order valence-corrected chi connectivity index (χ3v) is 5.41. The third-order valence-electron chi connectivity index (χ3n) is 3.91. The number of hydrogen-bond acceptors (Lipinski definition) is 3. The van der Waals surface area contributed by atoms with E-state index < -0.39 is 10.0 Å². The van der Waals surface area contributed by atoms with Crippen molar-refractivity contribution >= 4 is 27.5 Å². The monoisotopic (exact) mass is 394 g/mol. The van der Waals surface area contributed by atoms with Gasteiger partial charge in [-0.15, -0.1) is 0 Å². The Kier molecular flexibility index (Phi) is 7.63. The molecule has 0 heterocycles. The molecule has 0 aliphatic carbocycles. The van der Waals surface area contributed by atoms with Gasteiger partial charge in [0, 0.05) is 18.1 Å². The molecule has 140 valence electrons. The number of rotatable bonds is 9. The van der Waals surface area contributed by atoms with Crippen LogP contribution in [0.25, 0.3) is 0 Å². The van der Waals surface area contributed by atoms with Gasteiger partial charge in [0.25, 0.3) is 0 Å². The Bertz CT molecular complexity index is 808. The molecular formula is C19H23ClN2O3S. The van der Waals surface area contributed by atoms with Gasteiger partial charge in [0.2, 0.25) is 15.9 Å². The molecule has 0 aliphatic rings. The summed E-state index contributed by atoms with van der Waals surface area (Å²) in [5, 5.41) is 3.37. The van der Waals surface area contributed by atoms with E-state index in [-0.39, 0.29) is 12.5 Å². The van der Waals surface area contributed by atoms with E-state index in [1.54, 1.807) is 12.1 Å². The summed E-state index contributed by atoms with van der Waals surface area (Å²) < 4.78 is 25.1. The second kappa shape index (κ2) is 9.71. The van der Waals surface area contributed by atoms with E-state index in [0.29, 0.717) is 24.5 Å². The fraction of sp³-hybridized carbons (Fsp3) is 0.316. The molecule has 0 spiro atoms. The molecule has 0 aliphatic heterocycles. The Morgan fingerprint density at radius 1 is 1.04 bits per heavy atom. The SMILES string of the molecule is CS(=O)(=O)N(CCCc1ccccc1)CC(=O)NCc1ccc(Cl)cc1. The summed E-state index contributed by atoms with van der Waals surface area (Å²) in [7, 11) is -3.45. The van der Waals surface area contributed by atoms with Crippen molar-refractivity contribution < 1.29 is 13.2 Å². The summed E-state index contributed by atoms with van der Waals surface area (Å²) in [6.45, 7) is 0.459. The molecule has 1 N–H and O–H groups in total.